The van der Waals surface area contributed by atoms with Crippen molar-refractivity contribution in [3.05, 3.63) is 97.6 Å². The van der Waals surface area contributed by atoms with Gasteiger partial charge in [0.05, 0.1) is 51.6 Å². The summed E-state index contributed by atoms with van der Waals surface area (Å²) in [6.07, 6.45) is 2.93. The van der Waals surface area contributed by atoms with E-state index in [0.717, 1.165) is 17.8 Å². The molecule has 0 atom stereocenters. The Hall–Kier alpha value is -4.99. The van der Waals surface area contributed by atoms with E-state index in [4.69, 9.17) is 10.2 Å². The molecule has 37 heavy (non-hydrogen) atoms. The lowest BCUT2D eigenvalue weighted by atomic mass is 10.0. The van der Waals surface area contributed by atoms with Gasteiger partial charge in [-0.05, 0) is 48.0 Å². The van der Waals surface area contributed by atoms with Gasteiger partial charge in [0.1, 0.15) is 6.07 Å². The Kier molecular flexibility index (Phi) is 9.09. The average molecular weight is 502 g/mol. The molecular formula is C25H22N6O6. The molecule has 0 heterocycles. The topological polar surface area (TPSA) is 178 Å². The predicted molar refractivity (Wildman–Crippen MR) is 137 cm³/mol. The van der Waals surface area contributed by atoms with Crippen LogP contribution in [0.4, 0.5) is 28.4 Å². The number of nitriles is 1. The summed E-state index contributed by atoms with van der Waals surface area (Å²) in [4.78, 5) is 22.7. The van der Waals surface area contributed by atoms with Crippen molar-refractivity contribution in [1.82, 2.24) is 0 Å². The van der Waals surface area contributed by atoms with Crippen LogP contribution >= 0.6 is 0 Å². The first kappa shape index (κ1) is 26.6. The zero-order chi connectivity index (χ0) is 26.8. The summed E-state index contributed by atoms with van der Waals surface area (Å²) < 4.78 is 0. The second kappa shape index (κ2) is 12.6. The van der Waals surface area contributed by atoms with Crippen molar-refractivity contribution in [3.8, 4) is 6.07 Å². The standard InChI is InChI=1S/C25H22N6O6/c26-17-19-15-23(30(34)35)16-25(31(36)37)24(19)10-3-18-1-4-20(5-2-18)27-28-21-6-8-22(9-7-21)29(11-13-32)12-14-33/h1-10,15-16,32-33H,11-14H2. The lowest BCUT2D eigenvalue weighted by Gasteiger charge is -2.22. The molecule has 12 nitrogen and oxygen atoms in total. The molecular weight excluding hydrogens is 480 g/mol. The molecule has 0 saturated heterocycles. The zero-order valence-electron chi connectivity index (χ0n) is 19.5. The first-order chi connectivity index (χ1) is 17.9. The third-order valence-electron chi connectivity index (χ3n) is 5.24. The zero-order valence-corrected chi connectivity index (χ0v) is 19.5. The van der Waals surface area contributed by atoms with E-state index in [0.29, 0.717) is 30.0 Å². The first-order valence-electron chi connectivity index (χ1n) is 11.0. The molecule has 12 heteroatoms. The van der Waals surface area contributed by atoms with Gasteiger partial charge in [-0.3, -0.25) is 20.2 Å². The van der Waals surface area contributed by atoms with Crippen LogP contribution in [0.2, 0.25) is 0 Å². The number of nitro benzene ring substituents is 2. The van der Waals surface area contributed by atoms with Crippen LogP contribution < -0.4 is 4.90 Å². The van der Waals surface area contributed by atoms with Crippen molar-refractivity contribution in [2.75, 3.05) is 31.2 Å². The van der Waals surface area contributed by atoms with E-state index >= 15 is 0 Å². The molecule has 0 aliphatic rings. The highest BCUT2D eigenvalue weighted by Gasteiger charge is 2.22. The van der Waals surface area contributed by atoms with E-state index in [1.54, 1.807) is 48.5 Å². The van der Waals surface area contributed by atoms with Crippen molar-refractivity contribution in [2.24, 2.45) is 10.2 Å². The van der Waals surface area contributed by atoms with Crippen LogP contribution in [-0.2, 0) is 0 Å². The minimum atomic E-state index is -0.785. The number of aliphatic hydroxyl groups excluding tert-OH is 2. The number of hydrogen-bond donors (Lipinski definition) is 2. The van der Waals surface area contributed by atoms with Crippen LogP contribution in [0.5, 0.6) is 0 Å². The maximum atomic E-state index is 11.4. The third-order valence-corrected chi connectivity index (χ3v) is 5.24. The molecule has 0 aliphatic heterocycles. The highest BCUT2D eigenvalue weighted by atomic mass is 16.6. The predicted octanol–water partition coefficient (Wildman–Crippen LogP) is 4.75. The van der Waals surface area contributed by atoms with Gasteiger partial charge >= 0.3 is 0 Å². The molecule has 0 bridgehead atoms. The highest BCUT2D eigenvalue weighted by molar-refractivity contribution is 5.79. The number of rotatable bonds is 11. The minimum absolute atomic E-state index is 0.0261. The van der Waals surface area contributed by atoms with Gasteiger partial charge in [0.25, 0.3) is 11.4 Å². The fraction of sp³-hybridized carbons (Fsp3) is 0.160. The van der Waals surface area contributed by atoms with Gasteiger partial charge < -0.3 is 15.1 Å². The molecule has 0 aliphatic carbocycles. The number of benzene rings is 3. The summed E-state index contributed by atoms with van der Waals surface area (Å²) in [6.45, 7) is 0.739. The van der Waals surface area contributed by atoms with E-state index in [2.05, 4.69) is 10.2 Å². The van der Waals surface area contributed by atoms with Gasteiger partial charge in [0.15, 0.2) is 0 Å². The highest BCUT2D eigenvalue weighted by Crippen LogP contribution is 2.30. The largest absolute Gasteiger partial charge is 0.395 e. The van der Waals surface area contributed by atoms with E-state index in [9.17, 15) is 25.5 Å². The third kappa shape index (κ3) is 7.01. The molecule has 0 spiro atoms. The van der Waals surface area contributed by atoms with Crippen LogP contribution in [0, 0.1) is 31.6 Å². The molecule has 188 valence electrons. The summed E-state index contributed by atoms with van der Waals surface area (Å²) in [5, 5.41) is 58.5. The van der Waals surface area contributed by atoms with Crippen LogP contribution in [0.25, 0.3) is 12.2 Å². The normalized spacial score (nSPS) is 11.1. The summed E-state index contributed by atoms with van der Waals surface area (Å²) in [7, 11) is 0. The van der Waals surface area contributed by atoms with Gasteiger partial charge in [-0.15, -0.1) is 0 Å². The second-order valence-electron chi connectivity index (χ2n) is 7.63. The molecule has 0 unspecified atom stereocenters. The van der Waals surface area contributed by atoms with Gasteiger partial charge in [-0.2, -0.15) is 15.5 Å². The Balaban J connectivity index is 1.75. The summed E-state index contributed by atoms with van der Waals surface area (Å²) in [5.41, 5.74) is 1.40. The van der Waals surface area contributed by atoms with Crippen molar-refractivity contribution in [2.45, 2.75) is 0 Å². The van der Waals surface area contributed by atoms with Crippen LogP contribution in [0.1, 0.15) is 16.7 Å². The quantitative estimate of drug-likeness (QED) is 0.163. The van der Waals surface area contributed by atoms with Crippen LogP contribution in [0.3, 0.4) is 0 Å². The number of aliphatic hydroxyl groups is 2. The molecule has 0 fully saturated rings. The van der Waals surface area contributed by atoms with Crippen molar-refractivity contribution >= 4 is 40.6 Å². The number of non-ortho nitro benzene ring substituents is 1. The number of hydrogen-bond acceptors (Lipinski definition) is 10. The van der Waals surface area contributed by atoms with Crippen molar-refractivity contribution in [1.29, 1.82) is 5.26 Å². The van der Waals surface area contributed by atoms with Gasteiger partial charge in [-0.25, -0.2) is 0 Å². The number of nitrogens with zero attached hydrogens (tertiary/aromatic N) is 6. The molecule has 0 saturated carbocycles. The summed E-state index contributed by atoms with van der Waals surface area (Å²) in [6, 6.07) is 17.6. The summed E-state index contributed by atoms with van der Waals surface area (Å²) in [5.74, 6) is 0. The minimum Gasteiger partial charge on any atom is -0.395 e. The van der Waals surface area contributed by atoms with Crippen LogP contribution in [0.15, 0.2) is 70.9 Å². The van der Waals surface area contributed by atoms with E-state index in [-0.39, 0.29) is 24.3 Å². The molecule has 0 amide bonds. The molecule has 3 aromatic rings. The Morgan fingerprint density at radius 1 is 0.865 bits per heavy atom. The number of anilines is 1. The molecule has 3 aromatic carbocycles. The Morgan fingerprint density at radius 2 is 1.43 bits per heavy atom. The lowest BCUT2D eigenvalue weighted by molar-refractivity contribution is -0.394. The Labute approximate surface area is 211 Å². The molecule has 0 radical (unpaired) electrons. The lowest BCUT2D eigenvalue weighted by Crippen LogP contribution is -2.29. The fourth-order valence-electron chi connectivity index (χ4n) is 3.44. The second-order valence-corrected chi connectivity index (χ2v) is 7.63. The first-order valence-corrected chi connectivity index (χ1v) is 11.0. The fourth-order valence-corrected chi connectivity index (χ4v) is 3.44. The Bertz CT molecular complexity index is 1360. The van der Waals surface area contributed by atoms with Crippen molar-refractivity contribution in [3.63, 3.8) is 0 Å². The maximum absolute atomic E-state index is 11.4. The van der Waals surface area contributed by atoms with Gasteiger partial charge in [0.2, 0.25) is 0 Å². The van der Waals surface area contributed by atoms with Crippen molar-refractivity contribution < 1.29 is 20.1 Å². The monoisotopic (exact) mass is 502 g/mol. The van der Waals surface area contributed by atoms with E-state index < -0.39 is 21.2 Å². The molecule has 0 aromatic heterocycles. The number of azo groups is 1. The van der Waals surface area contributed by atoms with E-state index in [1.165, 1.54) is 6.08 Å². The average Bonchev–Trinajstić information content (AvgIpc) is 2.91. The molecule has 3 rings (SSSR count). The van der Waals surface area contributed by atoms with E-state index in [1.807, 2.05) is 17.0 Å². The molecule has 2 N–H and O–H groups in total. The summed E-state index contributed by atoms with van der Waals surface area (Å²) >= 11 is 0. The smallest absolute Gasteiger partial charge is 0.284 e. The number of nitro groups is 2. The SMILES string of the molecule is N#Cc1cc([N+](=O)[O-])cc([N+](=O)[O-])c1C=Cc1ccc(N=Nc2ccc(N(CCO)CCO)cc2)cc1. The Morgan fingerprint density at radius 3 is 1.92 bits per heavy atom. The maximum Gasteiger partial charge on any atom is 0.284 e. The van der Waals surface area contributed by atoms with Gasteiger partial charge in [0, 0.05) is 24.8 Å². The van der Waals surface area contributed by atoms with Gasteiger partial charge in [-0.1, -0.05) is 18.2 Å². The van der Waals surface area contributed by atoms with Crippen LogP contribution in [-0.4, -0.2) is 46.4 Å².